The third-order valence-electron chi connectivity index (χ3n) is 1.98. The predicted octanol–water partition coefficient (Wildman–Crippen LogP) is 3.39. The molecule has 0 amide bonds. The van der Waals surface area contributed by atoms with Gasteiger partial charge in [-0.1, -0.05) is 54.6 Å². The molecule has 1 aromatic carbocycles. The second-order valence-corrected chi connectivity index (χ2v) is 3.02. The molecule has 2 rings (SSSR count). The van der Waals surface area contributed by atoms with Crippen molar-refractivity contribution in [3.63, 3.8) is 0 Å². The van der Waals surface area contributed by atoms with Crippen molar-refractivity contribution >= 4 is 6.08 Å². The molecule has 0 fully saturated rings. The van der Waals surface area contributed by atoms with Gasteiger partial charge in [0.2, 0.25) is 0 Å². The molecule has 0 N–H and O–H groups in total. The van der Waals surface area contributed by atoms with Crippen molar-refractivity contribution in [2.24, 2.45) is 0 Å². The van der Waals surface area contributed by atoms with Gasteiger partial charge in [-0.2, -0.15) is 0 Å². The average molecular weight is 167 g/mol. The minimum absolute atomic E-state index is 0.991. The summed E-state index contributed by atoms with van der Waals surface area (Å²) in [7, 11) is 0. The first-order valence-corrected chi connectivity index (χ1v) is 4.46. The summed E-state index contributed by atoms with van der Waals surface area (Å²) < 4.78 is 0. The molecular weight excluding hydrogens is 156 g/mol. The zero-order valence-corrected chi connectivity index (χ0v) is 7.40. The van der Waals surface area contributed by atoms with Crippen LogP contribution in [0.5, 0.6) is 0 Å². The van der Waals surface area contributed by atoms with Crippen LogP contribution in [-0.4, -0.2) is 0 Å². The summed E-state index contributed by atoms with van der Waals surface area (Å²) in [5.74, 6) is 0. The third kappa shape index (κ3) is 2.19. The minimum atomic E-state index is 0.991. The van der Waals surface area contributed by atoms with E-state index < -0.39 is 0 Å². The molecule has 63 valence electrons. The smallest absolute Gasteiger partial charge is 0.00879 e. The highest BCUT2D eigenvalue weighted by Gasteiger charge is 1.94. The Labute approximate surface area is 78.9 Å². The van der Waals surface area contributed by atoms with Gasteiger partial charge in [0.05, 0.1) is 0 Å². The van der Waals surface area contributed by atoms with E-state index in [2.05, 4.69) is 42.5 Å². The highest BCUT2D eigenvalue weighted by atomic mass is 14.0. The van der Waals surface area contributed by atoms with Crippen LogP contribution in [0.25, 0.3) is 6.08 Å². The number of benzene rings is 1. The molecular formula is C13H11. The topological polar surface area (TPSA) is 0 Å². The van der Waals surface area contributed by atoms with Crippen LogP contribution in [0, 0.1) is 6.08 Å². The average Bonchev–Trinajstić information content (AvgIpc) is 2.21. The Morgan fingerprint density at radius 2 is 2.00 bits per heavy atom. The van der Waals surface area contributed by atoms with Gasteiger partial charge in [-0.3, -0.25) is 0 Å². The molecule has 0 heteroatoms. The quantitative estimate of drug-likeness (QED) is 0.601. The molecule has 0 bridgehead atoms. The molecule has 0 atom stereocenters. The van der Waals surface area contributed by atoms with Crippen LogP contribution in [0.3, 0.4) is 0 Å². The number of hydrogen-bond donors (Lipinski definition) is 0. The lowest BCUT2D eigenvalue weighted by Crippen LogP contribution is -1.81. The zero-order chi connectivity index (χ0) is 8.93. The van der Waals surface area contributed by atoms with E-state index in [1.165, 1.54) is 11.1 Å². The summed E-state index contributed by atoms with van der Waals surface area (Å²) in [5.41, 5.74) is 2.49. The van der Waals surface area contributed by atoms with E-state index in [-0.39, 0.29) is 0 Å². The van der Waals surface area contributed by atoms with E-state index in [1.807, 2.05) is 18.2 Å². The van der Waals surface area contributed by atoms with Gasteiger partial charge in [0, 0.05) is 0 Å². The van der Waals surface area contributed by atoms with Crippen LogP contribution in [0.15, 0.2) is 54.1 Å². The maximum Gasteiger partial charge on any atom is -0.00879 e. The van der Waals surface area contributed by atoms with Crippen molar-refractivity contribution in [1.29, 1.82) is 0 Å². The van der Waals surface area contributed by atoms with Crippen LogP contribution in [0.2, 0.25) is 0 Å². The Balaban J connectivity index is 2.21. The summed E-state index contributed by atoms with van der Waals surface area (Å²) in [6.07, 6.45) is 12.5. The molecule has 0 heterocycles. The minimum Gasteiger partial charge on any atom is -0.0801 e. The monoisotopic (exact) mass is 167 g/mol. The highest BCUT2D eigenvalue weighted by molar-refractivity contribution is 5.55. The molecule has 1 aliphatic carbocycles. The van der Waals surface area contributed by atoms with Crippen molar-refractivity contribution in [3.8, 4) is 0 Å². The van der Waals surface area contributed by atoms with E-state index >= 15 is 0 Å². The second kappa shape index (κ2) is 3.90. The van der Waals surface area contributed by atoms with E-state index in [0.717, 1.165) is 6.42 Å². The van der Waals surface area contributed by atoms with Gasteiger partial charge in [-0.05, 0) is 23.6 Å². The standard InChI is InChI=1S/C13H11/c1-3-7-12(8-4-1)11-13-9-5-2-6-10-13/h1-8,11H,9H2. The molecule has 0 unspecified atom stereocenters. The first-order valence-electron chi connectivity index (χ1n) is 4.46. The normalized spacial score (nSPS) is 18.0. The fraction of sp³-hybridized carbons (Fsp3) is 0.0769. The number of allylic oxidation sites excluding steroid dienone is 5. The van der Waals surface area contributed by atoms with E-state index in [4.69, 9.17) is 0 Å². The van der Waals surface area contributed by atoms with E-state index in [9.17, 15) is 0 Å². The van der Waals surface area contributed by atoms with Crippen LogP contribution >= 0.6 is 0 Å². The second-order valence-electron chi connectivity index (χ2n) is 3.02. The van der Waals surface area contributed by atoms with Gasteiger partial charge in [0.15, 0.2) is 0 Å². The van der Waals surface area contributed by atoms with Crippen molar-refractivity contribution < 1.29 is 0 Å². The molecule has 1 aliphatic rings. The van der Waals surface area contributed by atoms with Crippen molar-refractivity contribution in [3.05, 3.63) is 65.8 Å². The molecule has 0 spiro atoms. The Morgan fingerprint density at radius 3 is 2.69 bits per heavy atom. The fourth-order valence-electron chi connectivity index (χ4n) is 1.33. The third-order valence-corrected chi connectivity index (χ3v) is 1.98. The lowest BCUT2D eigenvalue weighted by Gasteiger charge is -2.00. The van der Waals surface area contributed by atoms with Crippen LogP contribution in [-0.2, 0) is 0 Å². The highest BCUT2D eigenvalue weighted by Crippen LogP contribution is 2.13. The molecule has 0 saturated heterocycles. The first-order chi connectivity index (χ1) is 6.45. The lowest BCUT2D eigenvalue weighted by molar-refractivity contribution is 1.26. The summed E-state index contributed by atoms with van der Waals surface area (Å²) in [4.78, 5) is 0. The van der Waals surface area contributed by atoms with Crippen LogP contribution < -0.4 is 0 Å². The van der Waals surface area contributed by atoms with Crippen LogP contribution in [0.1, 0.15) is 12.0 Å². The summed E-state index contributed by atoms with van der Waals surface area (Å²) in [5, 5.41) is 0. The Morgan fingerprint density at radius 1 is 1.15 bits per heavy atom. The largest absolute Gasteiger partial charge is 0.0801 e. The van der Waals surface area contributed by atoms with Crippen LogP contribution in [0.4, 0.5) is 0 Å². The summed E-state index contributed by atoms with van der Waals surface area (Å²) in [6, 6.07) is 10.3. The Bertz CT molecular complexity index is 353. The molecule has 1 aromatic rings. The van der Waals surface area contributed by atoms with Gasteiger partial charge in [-0.15, -0.1) is 0 Å². The molecule has 13 heavy (non-hydrogen) atoms. The Hall–Kier alpha value is -1.56. The zero-order valence-electron chi connectivity index (χ0n) is 7.40. The lowest BCUT2D eigenvalue weighted by atomic mass is 10.0. The van der Waals surface area contributed by atoms with Gasteiger partial charge >= 0.3 is 0 Å². The molecule has 0 aromatic heterocycles. The van der Waals surface area contributed by atoms with Gasteiger partial charge < -0.3 is 0 Å². The predicted molar refractivity (Wildman–Crippen MR) is 56.0 cm³/mol. The van der Waals surface area contributed by atoms with E-state index in [0.29, 0.717) is 0 Å². The van der Waals surface area contributed by atoms with Crippen molar-refractivity contribution in [2.45, 2.75) is 6.42 Å². The first kappa shape index (κ1) is 8.06. The fourth-order valence-corrected chi connectivity index (χ4v) is 1.33. The van der Waals surface area contributed by atoms with Crippen molar-refractivity contribution in [2.75, 3.05) is 0 Å². The maximum atomic E-state index is 3.22. The van der Waals surface area contributed by atoms with Gasteiger partial charge in [-0.25, -0.2) is 0 Å². The molecule has 0 nitrogen and oxygen atoms in total. The SMILES string of the molecule is [C]1=CC=CCC1=Cc1ccccc1. The summed E-state index contributed by atoms with van der Waals surface area (Å²) >= 11 is 0. The summed E-state index contributed by atoms with van der Waals surface area (Å²) in [6.45, 7) is 0. The van der Waals surface area contributed by atoms with Gasteiger partial charge in [0.25, 0.3) is 0 Å². The van der Waals surface area contributed by atoms with E-state index in [1.54, 1.807) is 0 Å². The molecule has 0 aliphatic heterocycles. The maximum absolute atomic E-state index is 3.22. The van der Waals surface area contributed by atoms with Gasteiger partial charge in [0.1, 0.15) is 0 Å². The Kier molecular flexibility index (Phi) is 2.42. The van der Waals surface area contributed by atoms with Crippen molar-refractivity contribution in [1.82, 2.24) is 0 Å². The number of hydrogen-bond acceptors (Lipinski definition) is 0. The molecule has 0 saturated carbocycles. The number of rotatable bonds is 1. The molecule has 1 radical (unpaired) electrons.